The molecule has 2 fully saturated rings. The zero-order chi connectivity index (χ0) is 15.4. The highest BCUT2D eigenvalue weighted by Gasteiger charge is 2.41. The molecule has 4 unspecified atom stereocenters. The lowest BCUT2D eigenvalue weighted by Crippen LogP contribution is -2.50. The fourth-order valence-electron chi connectivity index (χ4n) is 3.17. The fraction of sp³-hybridized carbons (Fsp3) is 0.857. The maximum atomic E-state index is 12.4. The number of rotatable bonds is 5. The molecule has 1 saturated carbocycles. The minimum Gasteiger partial charge on any atom is -0.480 e. The molecule has 2 rings (SSSR count). The largest absolute Gasteiger partial charge is 0.480 e. The molecule has 1 heterocycles. The Labute approximate surface area is 129 Å². The molecule has 6 nitrogen and oxygen atoms in total. The summed E-state index contributed by atoms with van der Waals surface area (Å²) < 4.78 is 5.21. The van der Waals surface area contributed by atoms with Crippen molar-refractivity contribution < 1.29 is 19.4 Å². The predicted octanol–water partition coefficient (Wildman–Crippen LogP) is 1.54. The molecule has 0 bridgehead atoms. The van der Waals surface area contributed by atoms with Gasteiger partial charge in [0.1, 0.15) is 6.04 Å². The lowest BCUT2D eigenvalue weighted by molar-refractivity contribution is -0.141. The van der Waals surface area contributed by atoms with Crippen molar-refractivity contribution >= 4 is 23.8 Å². The Hall–Kier alpha value is -0.950. The molecule has 0 spiro atoms. The Morgan fingerprint density at radius 2 is 2.19 bits per heavy atom. The second-order valence-corrected chi connectivity index (χ2v) is 7.10. The summed E-state index contributed by atoms with van der Waals surface area (Å²) >= 11 is 1.87. The molecule has 7 heteroatoms. The minimum atomic E-state index is -0.962. The van der Waals surface area contributed by atoms with Crippen LogP contribution < -0.4 is 5.32 Å². The number of thioether (sulfide) groups is 1. The number of amides is 2. The van der Waals surface area contributed by atoms with Crippen LogP contribution in [0, 0.1) is 0 Å². The van der Waals surface area contributed by atoms with Gasteiger partial charge in [-0.3, -0.25) is 0 Å². The fourth-order valence-corrected chi connectivity index (χ4v) is 4.37. The molecule has 21 heavy (non-hydrogen) atoms. The molecule has 1 aliphatic carbocycles. The Bertz CT molecular complexity index is 393. The van der Waals surface area contributed by atoms with E-state index >= 15 is 0 Å². The highest BCUT2D eigenvalue weighted by molar-refractivity contribution is 7.99. The Morgan fingerprint density at radius 1 is 1.43 bits per heavy atom. The van der Waals surface area contributed by atoms with Crippen molar-refractivity contribution in [2.24, 2.45) is 0 Å². The van der Waals surface area contributed by atoms with Crippen molar-refractivity contribution in [2.75, 3.05) is 19.4 Å². The van der Waals surface area contributed by atoms with Crippen LogP contribution in [-0.4, -0.2) is 64.9 Å². The second-order valence-electron chi connectivity index (χ2n) is 5.58. The highest BCUT2D eigenvalue weighted by atomic mass is 32.2. The maximum absolute atomic E-state index is 12.4. The number of likely N-dealkylation sites (tertiary alicyclic amines) is 1. The summed E-state index contributed by atoms with van der Waals surface area (Å²) in [5, 5.41) is 12.7. The molecule has 0 aromatic heterocycles. The van der Waals surface area contributed by atoms with E-state index in [0.717, 1.165) is 25.0 Å². The summed E-state index contributed by atoms with van der Waals surface area (Å²) in [6.45, 7) is 2.46. The number of hydrogen-bond donors (Lipinski definition) is 2. The Balaban J connectivity index is 1.96. The summed E-state index contributed by atoms with van der Waals surface area (Å²) in [6, 6.07) is -0.900. The van der Waals surface area contributed by atoms with Crippen LogP contribution in [0.25, 0.3) is 0 Å². The van der Waals surface area contributed by atoms with Gasteiger partial charge in [-0.15, -0.1) is 0 Å². The average Bonchev–Trinajstić information content (AvgIpc) is 3.06. The number of ether oxygens (including phenoxy) is 1. The van der Waals surface area contributed by atoms with Crippen LogP contribution in [0.15, 0.2) is 0 Å². The number of methoxy groups -OCH3 is 1. The van der Waals surface area contributed by atoms with Crippen LogP contribution in [0.1, 0.15) is 32.6 Å². The zero-order valence-corrected chi connectivity index (χ0v) is 13.4. The molecule has 1 aliphatic heterocycles. The number of aliphatic carboxylic acids is 1. The number of carbonyl (C=O) groups is 2. The van der Waals surface area contributed by atoms with Crippen molar-refractivity contribution in [3.05, 3.63) is 0 Å². The topological polar surface area (TPSA) is 78.9 Å². The van der Waals surface area contributed by atoms with Crippen LogP contribution >= 0.6 is 11.8 Å². The molecule has 1 saturated heterocycles. The standard InChI is InChI=1S/C14H24N2O4S/c1-3-21-12-6-4-5-10(12)15-14(19)16-8-9(20-2)7-11(16)13(17)18/h9-12H,3-8H2,1-2H3,(H,15,19)(H,17,18). The van der Waals surface area contributed by atoms with Gasteiger partial charge in [0.2, 0.25) is 0 Å². The van der Waals surface area contributed by atoms with Crippen LogP contribution in [0.3, 0.4) is 0 Å². The monoisotopic (exact) mass is 316 g/mol. The minimum absolute atomic E-state index is 0.151. The number of nitrogens with one attached hydrogen (secondary N) is 1. The third-order valence-corrected chi connectivity index (χ3v) is 5.61. The second kappa shape index (κ2) is 7.35. The average molecular weight is 316 g/mol. The van der Waals surface area contributed by atoms with Gasteiger partial charge < -0.3 is 20.1 Å². The van der Waals surface area contributed by atoms with Gasteiger partial charge >= 0.3 is 12.0 Å². The highest BCUT2D eigenvalue weighted by Crippen LogP contribution is 2.30. The first-order valence-electron chi connectivity index (χ1n) is 7.51. The third kappa shape index (κ3) is 3.83. The predicted molar refractivity (Wildman–Crippen MR) is 81.6 cm³/mol. The van der Waals surface area contributed by atoms with E-state index in [1.54, 1.807) is 7.11 Å². The summed E-state index contributed by atoms with van der Waals surface area (Å²) in [5.74, 6) is 0.0696. The number of urea groups is 1. The molecule has 0 aromatic carbocycles. The van der Waals surface area contributed by atoms with Gasteiger partial charge in [-0.25, -0.2) is 9.59 Å². The molecular weight excluding hydrogens is 292 g/mol. The number of carboxylic acids is 1. The van der Waals surface area contributed by atoms with Gasteiger partial charge in [0.25, 0.3) is 0 Å². The molecule has 4 atom stereocenters. The lowest BCUT2D eigenvalue weighted by atomic mass is 10.2. The Kier molecular flexibility index (Phi) is 5.75. The molecule has 2 amide bonds. The number of hydrogen-bond acceptors (Lipinski definition) is 4. The number of carbonyl (C=O) groups excluding carboxylic acids is 1. The first kappa shape index (κ1) is 16.4. The maximum Gasteiger partial charge on any atom is 0.326 e. The number of nitrogens with zero attached hydrogens (tertiary/aromatic N) is 1. The van der Waals surface area contributed by atoms with E-state index in [1.165, 1.54) is 4.90 Å². The van der Waals surface area contributed by atoms with Gasteiger partial charge in [0.05, 0.1) is 6.10 Å². The van der Waals surface area contributed by atoms with Crippen molar-refractivity contribution in [1.82, 2.24) is 10.2 Å². The van der Waals surface area contributed by atoms with Crippen LogP contribution in [-0.2, 0) is 9.53 Å². The van der Waals surface area contributed by atoms with E-state index in [0.29, 0.717) is 18.2 Å². The summed E-state index contributed by atoms with van der Waals surface area (Å²) in [7, 11) is 1.55. The van der Waals surface area contributed by atoms with Crippen molar-refractivity contribution in [1.29, 1.82) is 0 Å². The van der Waals surface area contributed by atoms with Gasteiger partial charge in [0, 0.05) is 31.4 Å². The van der Waals surface area contributed by atoms with Crippen molar-refractivity contribution in [3.63, 3.8) is 0 Å². The van der Waals surface area contributed by atoms with Gasteiger partial charge in [-0.05, 0) is 18.6 Å². The smallest absolute Gasteiger partial charge is 0.326 e. The molecule has 0 aromatic rings. The summed E-state index contributed by atoms with van der Waals surface area (Å²) in [4.78, 5) is 25.1. The van der Waals surface area contributed by atoms with E-state index in [2.05, 4.69) is 12.2 Å². The van der Waals surface area contributed by atoms with E-state index in [4.69, 9.17) is 4.74 Å². The summed E-state index contributed by atoms with van der Waals surface area (Å²) in [6.07, 6.45) is 3.37. The normalized spacial score (nSPS) is 32.4. The van der Waals surface area contributed by atoms with Crippen LogP contribution in [0.2, 0.25) is 0 Å². The van der Waals surface area contributed by atoms with E-state index in [1.807, 2.05) is 11.8 Å². The van der Waals surface area contributed by atoms with Gasteiger partial charge in [0.15, 0.2) is 0 Å². The van der Waals surface area contributed by atoms with Crippen LogP contribution in [0.5, 0.6) is 0 Å². The van der Waals surface area contributed by atoms with Gasteiger partial charge in [-0.1, -0.05) is 13.3 Å². The van der Waals surface area contributed by atoms with Gasteiger partial charge in [-0.2, -0.15) is 11.8 Å². The molecule has 0 radical (unpaired) electrons. The van der Waals surface area contributed by atoms with E-state index in [-0.39, 0.29) is 18.2 Å². The number of carboxylic acid groups (broad SMARTS) is 1. The van der Waals surface area contributed by atoms with E-state index in [9.17, 15) is 14.7 Å². The zero-order valence-electron chi connectivity index (χ0n) is 12.6. The van der Waals surface area contributed by atoms with Crippen LogP contribution in [0.4, 0.5) is 4.79 Å². The first-order chi connectivity index (χ1) is 10.1. The molecule has 2 N–H and O–H groups in total. The van der Waals surface area contributed by atoms with E-state index < -0.39 is 12.0 Å². The van der Waals surface area contributed by atoms with Crippen molar-refractivity contribution in [3.8, 4) is 0 Å². The quantitative estimate of drug-likeness (QED) is 0.804. The molecular formula is C14H24N2O4S. The van der Waals surface area contributed by atoms with Crippen molar-refractivity contribution in [2.45, 2.75) is 56.0 Å². The lowest BCUT2D eigenvalue weighted by Gasteiger charge is -2.26. The first-order valence-corrected chi connectivity index (χ1v) is 8.56. The summed E-state index contributed by atoms with van der Waals surface area (Å²) in [5.41, 5.74) is 0. The third-order valence-electron chi connectivity index (χ3n) is 4.28. The molecule has 2 aliphatic rings. The molecule has 120 valence electrons. The SMILES string of the molecule is CCSC1CCCC1NC(=O)N1CC(OC)CC1C(=O)O. The Morgan fingerprint density at radius 3 is 2.81 bits per heavy atom.